The van der Waals surface area contributed by atoms with Crippen LogP contribution in [0.5, 0.6) is 0 Å². The van der Waals surface area contributed by atoms with Crippen molar-refractivity contribution in [2.75, 3.05) is 29.5 Å². The van der Waals surface area contributed by atoms with Crippen molar-refractivity contribution in [3.63, 3.8) is 0 Å². The van der Waals surface area contributed by atoms with E-state index in [9.17, 15) is 28.8 Å². The molecule has 5 N–H and O–H groups in total. The van der Waals surface area contributed by atoms with Crippen LogP contribution in [0.25, 0.3) is 16.8 Å². The Hall–Kier alpha value is -6.97. The molecule has 0 aliphatic carbocycles. The highest BCUT2D eigenvalue weighted by molar-refractivity contribution is 6.25. The van der Waals surface area contributed by atoms with E-state index in [0.29, 0.717) is 65.9 Å². The van der Waals surface area contributed by atoms with Gasteiger partial charge in [0.25, 0.3) is 17.7 Å². The fraction of sp³-hybridized carbons (Fsp3) is 0.310. The van der Waals surface area contributed by atoms with E-state index in [1.54, 1.807) is 60.9 Å². The number of anilines is 3. The number of hydrogen-bond acceptors (Lipinski definition) is 11. The molecule has 3 aromatic heterocycles. The van der Waals surface area contributed by atoms with Gasteiger partial charge in [0, 0.05) is 61.3 Å². The van der Waals surface area contributed by atoms with Gasteiger partial charge in [-0.25, -0.2) is 15.0 Å². The van der Waals surface area contributed by atoms with Gasteiger partial charge in [-0.2, -0.15) is 0 Å². The highest BCUT2D eigenvalue weighted by Crippen LogP contribution is 2.37. The van der Waals surface area contributed by atoms with E-state index in [1.165, 1.54) is 0 Å². The number of nitrogens with zero attached hydrogens (tertiary/aromatic N) is 6. The smallest absolute Gasteiger partial charge is 0.264 e. The molecule has 6 amide bonds. The second-order valence-corrected chi connectivity index (χ2v) is 14.6. The van der Waals surface area contributed by atoms with Gasteiger partial charge in [0.2, 0.25) is 17.7 Å². The quantitative estimate of drug-likeness (QED) is 0.0945. The van der Waals surface area contributed by atoms with Crippen LogP contribution in [0.15, 0.2) is 79.3 Å². The first-order valence-corrected chi connectivity index (χ1v) is 19.5. The molecule has 1 unspecified atom stereocenters. The fourth-order valence-electron chi connectivity index (χ4n) is 8.05. The number of unbranched alkanes of at least 4 members (excludes halogenated alkanes) is 3. The van der Waals surface area contributed by atoms with Crippen LogP contribution < -0.4 is 21.7 Å². The Morgan fingerprint density at radius 1 is 0.862 bits per heavy atom. The van der Waals surface area contributed by atoms with Crippen molar-refractivity contribution in [1.82, 2.24) is 34.5 Å². The molecule has 8 rings (SSSR count). The maximum Gasteiger partial charge on any atom is 0.264 e. The second-order valence-electron chi connectivity index (χ2n) is 14.6. The minimum Gasteiger partial charge on any atom is -0.384 e. The van der Waals surface area contributed by atoms with E-state index in [0.717, 1.165) is 42.6 Å². The number of hydrogen-bond donors (Lipinski definition) is 4. The highest BCUT2D eigenvalue weighted by Gasteiger charge is 2.45. The molecule has 2 fully saturated rings. The molecule has 16 heteroatoms. The number of nitrogens with one attached hydrogen (secondary N) is 3. The highest BCUT2D eigenvalue weighted by atomic mass is 16.2. The van der Waals surface area contributed by atoms with E-state index in [2.05, 4.69) is 25.9 Å². The number of carbonyl (C=O) groups is 6. The molecule has 3 aliphatic heterocycles. The van der Waals surface area contributed by atoms with E-state index < -0.39 is 29.7 Å². The van der Waals surface area contributed by atoms with Crippen molar-refractivity contribution < 1.29 is 28.8 Å². The number of piperidine rings is 1. The van der Waals surface area contributed by atoms with E-state index in [4.69, 9.17) is 10.7 Å². The number of likely N-dealkylation sites (tertiary alicyclic amines) is 1. The van der Waals surface area contributed by atoms with Gasteiger partial charge < -0.3 is 21.3 Å². The molecule has 5 aromatic rings. The van der Waals surface area contributed by atoms with Crippen molar-refractivity contribution in [1.29, 1.82) is 0 Å². The van der Waals surface area contributed by atoms with Crippen LogP contribution in [-0.4, -0.2) is 83.7 Å². The van der Waals surface area contributed by atoms with Gasteiger partial charge in [0.15, 0.2) is 0 Å². The predicted octanol–water partition coefficient (Wildman–Crippen LogP) is 4.75. The Bertz CT molecular complexity index is 2430. The maximum absolute atomic E-state index is 13.7. The summed E-state index contributed by atoms with van der Waals surface area (Å²) in [5.41, 5.74) is 9.87. The number of benzene rings is 2. The van der Waals surface area contributed by atoms with E-state index in [1.807, 2.05) is 27.6 Å². The summed E-state index contributed by atoms with van der Waals surface area (Å²) in [6, 6.07) is 16.1. The number of pyridine rings is 1. The molecular weight excluding hydrogens is 741 g/mol. The molecule has 2 atom stereocenters. The van der Waals surface area contributed by atoms with E-state index in [-0.39, 0.29) is 41.8 Å². The van der Waals surface area contributed by atoms with Crippen molar-refractivity contribution >= 4 is 58.3 Å². The molecule has 296 valence electrons. The first kappa shape index (κ1) is 37.9. The zero-order valence-electron chi connectivity index (χ0n) is 31.6. The summed E-state index contributed by atoms with van der Waals surface area (Å²) in [4.78, 5) is 93.5. The number of amides is 6. The molecule has 0 saturated carbocycles. The third-order valence-electron chi connectivity index (χ3n) is 10.9. The summed E-state index contributed by atoms with van der Waals surface area (Å²) in [6.45, 7) is 1.18. The summed E-state index contributed by atoms with van der Waals surface area (Å²) in [6.07, 6.45) is 10.4. The summed E-state index contributed by atoms with van der Waals surface area (Å²) in [7, 11) is 0. The topological polar surface area (TPSA) is 214 Å². The average molecular weight is 783 g/mol. The number of fused-ring (bicyclic) bond motifs is 2. The van der Waals surface area contributed by atoms with Crippen molar-refractivity contribution in [2.45, 2.75) is 69.9 Å². The monoisotopic (exact) mass is 782 g/mol. The lowest BCUT2D eigenvalue weighted by molar-refractivity contribution is -0.136. The summed E-state index contributed by atoms with van der Waals surface area (Å²) < 4.78 is 1.92. The lowest BCUT2D eigenvalue weighted by Gasteiger charge is -2.27. The number of aromatic nitrogens is 4. The van der Waals surface area contributed by atoms with Gasteiger partial charge in [-0.15, -0.1) is 0 Å². The summed E-state index contributed by atoms with van der Waals surface area (Å²) in [5.74, 6) is -0.898. The Labute approximate surface area is 333 Å². The van der Waals surface area contributed by atoms with Crippen LogP contribution in [0.3, 0.4) is 0 Å². The predicted molar refractivity (Wildman–Crippen MR) is 213 cm³/mol. The van der Waals surface area contributed by atoms with Crippen LogP contribution >= 0.6 is 0 Å². The normalized spacial score (nSPS) is 17.8. The number of rotatable bonds is 13. The third kappa shape index (κ3) is 7.35. The van der Waals surface area contributed by atoms with Crippen LogP contribution in [0, 0.1) is 0 Å². The summed E-state index contributed by atoms with van der Waals surface area (Å²) in [5, 5.41) is 8.29. The number of imide groups is 2. The van der Waals surface area contributed by atoms with Crippen LogP contribution in [-0.2, 0) is 14.4 Å². The Balaban J connectivity index is 0.855. The molecule has 0 radical (unpaired) electrons. The molecule has 6 heterocycles. The molecule has 3 aliphatic rings. The van der Waals surface area contributed by atoms with Crippen LogP contribution in [0.4, 0.5) is 17.3 Å². The minimum absolute atomic E-state index is 0.0594. The van der Waals surface area contributed by atoms with Crippen LogP contribution in [0.2, 0.25) is 0 Å². The van der Waals surface area contributed by atoms with Crippen molar-refractivity contribution in [3.05, 3.63) is 102 Å². The maximum atomic E-state index is 13.7. The van der Waals surface area contributed by atoms with Crippen molar-refractivity contribution in [2.24, 2.45) is 0 Å². The number of imidazole rings is 1. The summed E-state index contributed by atoms with van der Waals surface area (Å²) >= 11 is 0. The average Bonchev–Trinajstić information content (AvgIpc) is 3.93. The number of carbonyl (C=O) groups excluding carboxylic acids is 6. The Morgan fingerprint density at radius 2 is 1.69 bits per heavy atom. The minimum atomic E-state index is -1.02. The second kappa shape index (κ2) is 16.3. The van der Waals surface area contributed by atoms with Gasteiger partial charge in [-0.3, -0.25) is 43.4 Å². The van der Waals surface area contributed by atoms with Crippen LogP contribution in [0.1, 0.15) is 101 Å². The molecular formula is C42H42N10O6. The molecule has 0 bridgehead atoms. The van der Waals surface area contributed by atoms with Gasteiger partial charge in [0.05, 0.1) is 17.2 Å². The van der Waals surface area contributed by atoms with E-state index >= 15 is 0 Å². The standard InChI is InChI=1S/C42H42N10O6/c43-37-36-35(25-14-16-26(17-15-25)39(55)47-31-12-4-6-21-45-31)49-38(51(36)24-22-46-37)29-11-8-23-50(29)33(54)13-3-1-2-5-20-44-28-10-7-9-27-34(28)42(58)52(41(27)57)30-18-19-32(53)48-40(30)56/h4,6-7,9-10,12,14-17,21-22,24,29-30,44H,1-3,5,8,11,13,18-20,23H2,(H2,43,46)(H,45,47,55)(H,48,53,56)/t29-,30?/m0/s1. The van der Waals surface area contributed by atoms with Gasteiger partial charge in [-0.05, 0) is 68.5 Å². The molecule has 58 heavy (non-hydrogen) atoms. The number of nitrogen functional groups attached to an aromatic ring is 1. The largest absolute Gasteiger partial charge is 0.384 e. The Kier molecular flexibility index (Phi) is 10.6. The molecule has 2 aromatic carbocycles. The lowest BCUT2D eigenvalue weighted by Crippen LogP contribution is -2.54. The first-order valence-electron chi connectivity index (χ1n) is 19.5. The first-order chi connectivity index (χ1) is 28.2. The van der Waals surface area contributed by atoms with Gasteiger partial charge in [0.1, 0.15) is 34.7 Å². The van der Waals surface area contributed by atoms with Gasteiger partial charge >= 0.3 is 0 Å². The molecule has 16 nitrogen and oxygen atoms in total. The zero-order valence-corrected chi connectivity index (χ0v) is 31.6. The zero-order chi connectivity index (χ0) is 40.3. The van der Waals surface area contributed by atoms with Gasteiger partial charge in [-0.1, -0.05) is 37.1 Å². The Morgan fingerprint density at radius 3 is 2.48 bits per heavy atom. The fourth-order valence-corrected chi connectivity index (χ4v) is 8.05. The number of nitrogens with two attached hydrogens (primary N) is 1. The third-order valence-corrected chi connectivity index (χ3v) is 10.9. The van der Waals surface area contributed by atoms with Crippen molar-refractivity contribution in [3.8, 4) is 11.3 Å². The molecule has 0 spiro atoms. The lowest BCUT2D eigenvalue weighted by atomic mass is 10.0. The SMILES string of the molecule is Nc1nccn2c([C@@H]3CCCN3C(=O)CCCCCCNc3cccc4c3C(=O)N(C3CCC(=O)NC3=O)C4=O)nc(-c3ccc(C(=O)Nc4ccccn4)cc3)c12. The molecule has 2 saturated heterocycles.